The molecule has 0 aromatic heterocycles. The third kappa shape index (κ3) is 7.57. The molecule has 0 spiro atoms. The van der Waals surface area contributed by atoms with Crippen LogP contribution in [-0.2, 0) is 15.9 Å². The molecule has 2 unspecified atom stereocenters. The van der Waals surface area contributed by atoms with Gasteiger partial charge < -0.3 is 29.6 Å². The molecule has 2 atom stereocenters. The van der Waals surface area contributed by atoms with Crippen LogP contribution in [0, 0.1) is 0 Å². The van der Waals surface area contributed by atoms with E-state index < -0.39 is 17.8 Å². The number of fused-ring (bicyclic) bond motifs is 1. The number of benzene rings is 2. The third-order valence-electron chi connectivity index (χ3n) is 5.20. The standard InChI is InChI=1S/C26H34N2O6/c1-5-31-25(30)28-22-17-33-23-12-11-19(32-14-13-27-24(29)34-26(2,3)4)16-21(23)20(22)15-18-9-7-6-8-10-18/h6-12,16,20,22H,5,13-15,17H2,1-4H3,(H,27,29)(H,28,30). The number of hydrogen-bond donors (Lipinski definition) is 2. The number of nitrogens with one attached hydrogen (secondary N) is 2. The lowest BCUT2D eigenvalue weighted by Gasteiger charge is -2.34. The van der Waals surface area contributed by atoms with E-state index in [1.165, 1.54) is 0 Å². The molecule has 2 amide bonds. The quantitative estimate of drug-likeness (QED) is 0.555. The highest BCUT2D eigenvalue weighted by Gasteiger charge is 2.33. The maximum atomic E-state index is 12.1. The number of carbonyl (C=O) groups excluding carboxylic acids is 2. The van der Waals surface area contributed by atoms with E-state index in [9.17, 15) is 9.59 Å². The normalized spacial score (nSPS) is 17.1. The Kier molecular flexibility index (Phi) is 8.62. The lowest BCUT2D eigenvalue weighted by molar-refractivity contribution is 0.0520. The number of carbonyl (C=O) groups is 2. The predicted molar refractivity (Wildman–Crippen MR) is 129 cm³/mol. The van der Waals surface area contributed by atoms with Crippen LogP contribution in [0.1, 0.15) is 44.7 Å². The maximum absolute atomic E-state index is 12.1. The zero-order valence-corrected chi connectivity index (χ0v) is 20.3. The Morgan fingerprint density at radius 1 is 1.09 bits per heavy atom. The Morgan fingerprint density at radius 3 is 2.56 bits per heavy atom. The van der Waals surface area contributed by atoms with Gasteiger partial charge in [-0.3, -0.25) is 0 Å². The largest absolute Gasteiger partial charge is 0.492 e. The van der Waals surface area contributed by atoms with E-state index in [0.717, 1.165) is 23.3 Å². The fourth-order valence-electron chi connectivity index (χ4n) is 3.77. The van der Waals surface area contributed by atoms with Gasteiger partial charge in [0.1, 0.15) is 30.3 Å². The van der Waals surface area contributed by atoms with Gasteiger partial charge in [-0.05, 0) is 57.9 Å². The summed E-state index contributed by atoms with van der Waals surface area (Å²) in [5.41, 5.74) is 1.56. The number of hydrogen-bond acceptors (Lipinski definition) is 6. The van der Waals surface area contributed by atoms with E-state index >= 15 is 0 Å². The molecule has 0 bridgehead atoms. The molecule has 1 aliphatic heterocycles. The molecule has 0 radical (unpaired) electrons. The van der Waals surface area contributed by atoms with Crippen molar-refractivity contribution in [1.82, 2.24) is 10.6 Å². The van der Waals surface area contributed by atoms with Crippen molar-refractivity contribution in [2.75, 3.05) is 26.4 Å². The SMILES string of the molecule is CCOC(=O)NC1COc2ccc(OCCNC(=O)OC(C)(C)C)cc2C1Cc1ccccc1. The molecule has 0 fully saturated rings. The van der Waals surface area contributed by atoms with Gasteiger partial charge >= 0.3 is 12.2 Å². The molecule has 0 saturated heterocycles. The monoisotopic (exact) mass is 470 g/mol. The van der Waals surface area contributed by atoms with Crippen LogP contribution >= 0.6 is 0 Å². The molecular formula is C26H34N2O6. The van der Waals surface area contributed by atoms with Crippen molar-refractivity contribution >= 4 is 12.2 Å². The minimum absolute atomic E-state index is 0.0287. The van der Waals surface area contributed by atoms with Crippen molar-refractivity contribution in [2.45, 2.75) is 51.7 Å². The van der Waals surface area contributed by atoms with E-state index in [0.29, 0.717) is 25.5 Å². The summed E-state index contributed by atoms with van der Waals surface area (Å²) >= 11 is 0. The van der Waals surface area contributed by atoms with Gasteiger partial charge in [0.05, 0.1) is 19.2 Å². The van der Waals surface area contributed by atoms with Gasteiger partial charge in [-0.15, -0.1) is 0 Å². The molecule has 0 saturated carbocycles. The van der Waals surface area contributed by atoms with Crippen molar-refractivity contribution in [3.05, 3.63) is 59.7 Å². The van der Waals surface area contributed by atoms with Crippen LogP contribution in [0.5, 0.6) is 11.5 Å². The number of alkyl carbamates (subject to hydrolysis) is 2. The Balaban J connectivity index is 1.70. The van der Waals surface area contributed by atoms with Crippen molar-refractivity contribution in [1.29, 1.82) is 0 Å². The molecule has 8 heteroatoms. The molecule has 8 nitrogen and oxygen atoms in total. The fourth-order valence-corrected chi connectivity index (χ4v) is 3.77. The summed E-state index contributed by atoms with van der Waals surface area (Å²) in [5, 5.41) is 5.63. The number of ether oxygens (including phenoxy) is 4. The second kappa shape index (κ2) is 11.6. The maximum Gasteiger partial charge on any atom is 0.407 e. The first-order valence-electron chi connectivity index (χ1n) is 11.6. The van der Waals surface area contributed by atoms with Crippen molar-refractivity contribution in [2.24, 2.45) is 0 Å². The predicted octanol–water partition coefficient (Wildman–Crippen LogP) is 4.42. The molecular weight excluding hydrogens is 436 g/mol. The van der Waals surface area contributed by atoms with Crippen LogP contribution in [0.4, 0.5) is 9.59 Å². The summed E-state index contributed by atoms with van der Waals surface area (Å²) in [6, 6.07) is 15.5. The first kappa shape index (κ1) is 25.2. The third-order valence-corrected chi connectivity index (χ3v) is 5.20. The first-order valence-corrected chi connectivity index (χ1v) is 11.6. The minimum atomic E-state index is -0.550. The van der Waals surface area contributed by atoms with Crippen LogP contribution in [0.25, 0.3) is 0 Å². The topological polar surface area (TPSA) is 95.1 Å². The summed E-state index contributed by atoms with van der Waals surface area (Å²) in [6.07, 6.45) is -0.221. The van der Waals surface area contributed by atoms with Crippen molar-refractivity contribution < 1.29 is 28.5 Å². The highest BCUT2D eigenvalue weighted by atomic mass is 16.6. The molecule has 1 aliphatic rings. The van der Waals surface area contributed by atoms with Crippen LogP contribution in [0.15, 0.2) is 48.5 Å². The summed E-state index contributed by atoms with van der Waals surface area (Å²) < 4.78 is 22.1. The van der Waals surface area contributed by atoms with E-state index in [-0.39, 0.29) is 18.6 Å². The minimum Gasteiger partial charge on any atom is -0.492 e. The van der Waals surface area contributed by atoms with Gasteiger partial charge in [0, 0.05) is 11.5 Å². The number of rotatable bonds is 8. The lowest BCUT2D eigenvalue weighted by atomic mass is 9.84. The second-order valence-corrected chi connectivity index (χ2v) is 9.06. The van der Waals surface area contributed by atoms with E-state index in [2.05, 4.69) is 22.8 Å². The molecule has 2 aromatic carbocycles. The summed E-state index contributed by atoms with van der Waals surface area (Å²) in [4.78, 5) is 23.9. The van der Waals surface area contributed by atoms with Crippen LogP contribution in [0.3, 0.4) is 0 Å². The molecule has 3 rings (SSSR count). The smallest absolute Gasteiger partial charge is 0.407 e. The Hall–Kier alpha value is -3.42. The fraction of sp³-hybridized carbons (Fsp3) is 0.462. The van der Waals surface area contributed by atoms with Crippen molar-refractivity contribution in [3.8, 4) is 11.5 Å². The summed E-state index contributed by atoms with van der Waals surface area (Å²) in [5.74, 6) is 1.39. The average molecular weight is 471 g/mol. The molecule has 1 heterocycles. The number of amides is 2. The van der Waals surface area contributed by atoms with Gasteiger partial charge in [0.25, 0.3) is 0 Å². The molecule has 34 heavy (non-hydrogen) atoms. The van der Waals surface area contributed by atoms with Gasteiger partial charge in [0.15, 0.2) is 0 Å². The van der Waals surface area contributed by atoms with Crippen molar-refractivity contribution in [3.63, 3.8) is 0 Å². The molecule has 0 aliphatic carbocycles. The van der Waals surface area contributed by atoms with E-state index in [4.69, 9.17) is 18.9 Å². The Labute approximate surface area is 200 Å². The van der Waals surface area contributed by atoms with E-state index in [1.54, 1.807) is 6.92 Å². The Bertz CT molecular complexity index is 958. The lowest BCUT2D eigenvalue weighted by Crippen LogP contribution is -2.46. The van der Waals surface area contributed by atoms with Crippen LogP contribution in [0.2, 0.25) is 0 Å². The molecule has 2 aromatic rings. The van der Waals surface area contributed by atoms with Gasteiger partial charge in [-0.25, -0.2) is 9.59 Å². The van der Waals surface area contributed by atoms with Gasteiger partial charge in [0.2, 0.25) is 0 Å². The zero-order chi connectivity index (χ0) is 24.6. The summed E-state index contributed by atoms with van der Waals surface area (Å²) in [7, 11) is 0. The first-order chi connectivity index (χ1) is 16.2. The average Bonchev–Trinajstić information content (AvgIpc) is 2.78. The molecule has 2 N–H and O–H groups in total. The van der Waals surface area contributed by atoms with Crippen LogP contribution < -0.4 is 20.1 Å². The van der Waals surface area contributed by atoms with Crippen LogP contribution in [-0.4, -0.2) is 50.2 Å². The Morgan fingerprint density at radius 2 is 1.85 bits per heavy atom. The highest BCUT2D eigenvalue weighted by molar-refractivity contribution is 5.68. The summed E-state index contributed by atoms with van der Waals surface area (Å²) in [6.45, 7) is 8.46. The molecule has 184 valence electrons. The zero-order valence-electron chi connectivity index (χ0n) is 20.3. The van der Waals surface area contributed by atoms with E-state index in [1.807, 2.05) is 57.2 Å². The van der Waals surface area contributed by atoms with Gasteiger partial charge in [-0.1, -0.05) is 30.3 Å². The van der Waals surface area contributed by atoms with Gasteiger partial charge in [-0.2, -0.15) is 0 Å². The second-order valence-electron chi connectivity index (χ2n) is 9.06. The highest BCUT2D eigenvalue weighted by Crippen LogP contribution is 2.38.